The second kappa shape index (κ2) is 4.18. The van der Waals surface area contributed by atoms with Gasteiger partial charge in [0.2, 0.25) is 5.95 Å². The Balaban J connectivity index is 2.27. The Hall–Kier alpha value is -1.75. The van der Waals surface area contributed by atoms with Crippen molar-refractivity contribution >= 4 is 29.4 Å². The molecular weight excluding hydrogens is 208 g/mol. The van der Waals surface area contributed by atoms with Gasteiger partial charge in [-0.1, -0.05) is 6.07 Å². The van der Waals surface area contributed by atoms with Crippen molar-refractivity contribution in [1.29, 1.82) is 0 Å². The SMILES string of the molecule is Cc1nnc(N)nc1/C=C\c1cccs1. The summed E-state index contributed by atoms with van der Waals surface area (Å²) >= 11 is 1.67. The molecule has 0 amide bonds. The summed E-state index contributed by atoms with van der Waals surface area (Å²) < 4.78 is 0. The van der Waals surface area contributed by atoms with Gasteiger partial charge in [0.25, 0.3) is 0 Å². The number of aromatic nitrogens is 3. The van der Waals surface area contributed by atoms with Crippen LogP contribution in [-0.4, -0.2) is 15.2 Å². The van der Waals surface area contributed by atoms with Gasteiger partial charge >= 0.3 is 0 Å². The second-order valence-corrected chi connectivity index (χ2v) is 3.97. The van der Waals surface area contributed by atoms with Crippen LogP contribution in [0.3, 0.4) is 0 Å². The van der Waals surface area contributed by atoms with Crippen LogP contribution in [0.4, 0.5) is 5.95 Å². The molecule has 0 bridgehead atoms. The molecule has 0 aliphatic rings. The maximum atomic E-state index is 5.46. The standard InChI is InChI=1S/C10H10N4S/c1-7-9(12-10(11)14-13-7)5-4-8-3-2-6-15-8/h2-6H,1H3,(H2,11,12,14)/b5-4-. The van der Waals surface area contributed by atoms with Crippen LogP contribution in [0.2, 0.25) is 0 Å². The highest BCUT2D eigenvalue weighted by Gasteiger charge is 1.99. The van der Waals surface area contributed by atoms with Gasteiger partial charge in [0.1, 0.15) is 0 Å². The molecule has 15 heavy (non-hydrogen) atoms. The van der Waals surface area contributed by atoms with E-state index < -0.39 is 0 Å². The molecule has 0 saturated heterocycles. The summed E-state index contributed by atoms with van der Waals surface area (Å²) in [6, 6.07) is 4.04. The molecule has 0 aliphatic carbocycles. The zero-order chi connectivity index (χ0) is 10.7. The van der Waals surface area contributed by atoms with Crippen LogP contribution in [0.5, 0.6) is 0 Å². The van der Waals surface area contributed by atoms with Gasteiger partial charge in [0, 0.05) is 4.88 Å². The van der Waals surface area contributed by atoms with Crippen LogP contribution in [0, 0.1) is 6.92 Å². The van der Waals surface area contributed by atoms with Crippen molar-refractivity contribution in [2.75, 3.05) is 5.73 Å². The Bertz CT molecular complexity index is 476. The van der Waals surface area contributed by atoms with E-state index in [9.17, 15) is 0 Å². The first-order chi connectivity index (χ1) is 7.25. The fraction of sp³-hybridized carbons (Fsp3) is 0.100. The average Bonchev–Trinajstić information content (AvgIpc) is 2.72. The van der Waals surface area contributed by atoms with Crippen LogP contribution in [0.25, 0.3) is 12.2 Å². The minimum absolute atomic E-state index is 0.200. The van der Waals surface area contributed by atoms with Gasteiger partial charge in [-0.25, -0.2) is 4.98 Å². The van der Waals surface area contributed by atoms with E-state index in [0.717, 1.165) is 11.4 Å². The van der Waals surface area contributed by atoms with Crippen molar-refractivity contribution in [2.45, 2.75) is 6.92 Å². The average molecular weight is 218 g/mol. The zero-order valence-electron chi connectivity index (χ0n) is 8.21. The quantitative estimate of drug-likeness (QED) is 0.837. The maximum absolute atomic E-state index is 5.46. The number of hydrogen-bond acceptors (Lipinski definition) is 5. The van der Waals surface area contributed by atoms with Crippen molar-refractivity contribution in [3.8, 4) is 0 Å². The Morgan fingerprint density at radius 2 is 2.20 bits per heavy atom. The molecule has 0 aromatic carbocycles. The number of nitrogens with two attached hydrogens (primary N) is 1. The molecule has 0 atom stereocenters. The minimum atomic E-state index is 0.200. The molecule has 0 spiro atoms. The van der Waals surface area contributed by atoms with Gasteiger partial charge in [-0.05, 0) is 30.5 Å². The van der Waals surface area contributed by atoms with Crippen LogP contribution >= 0.6 is 11.3 Å². The van der Waals surface area contributed by atoms with Gasteiger partial charge in [-0.2, -0.15) is 0 Å². The fourth-order valence-electron chi connectivity index (χ4n) is 1.11. The molecule has 76 valence electrons. The molecule has 2 rings (SSSR count). The monoisotopic (exact) mass is 218 g/mol. The maximum Gasteiger partial charge on any atom is 0.240 e. The van der Waals surface area contributed by atoms with Crippen molar-refractivity contribution < 1.29 is 0 Å². The molecule has 4 nitrogen and oxygen atoms in total. The first-order valence-corrected chi connectivity index (χ1v) is 5.32. The predicted molar refractivity (Wildman–Crippen MR) is 62.2 cm³/mol. The molecule has 0 unspecified atom stereocenters. The van der Waals surface area contributed by atoms with Crippen molar-refractivity contribution in [1.82, 2.24) is 15.2 Å². The molecule has 2 aromatic rings. The molecule has 2 N–H and O–H groups in total. The Morgan fingerprint density at radius 1 is 1.33 bits per heavy atom. The minimum Gasteiger partial charge on any atom is -0.366 e. The number of hydrogen-bond donors (Lipinski definition) is 1. The molecule has 5 heteroatoms. The summed E-state index contributed by atoms with van der Waals surface area (Å²) in [6.45, 7) is 1.85. The van der Waals surface area contributed by atoms with Gasteiger partial charge in [0.15, 0.2) is 0 Å². The molecule has 0 saturated carbocycles. The van der Waals surface area contributed by atoms with Gasteiger partial charge in [-0.15, -0.1) is 21.5 Å². The Labute approximate surface area is 91.5 Å². The third-order valence-corrected chi connectivity index (χ3v) is 2.69. The summed E-state index contributed by atoms with van der Waals surface area (Å²) in [4.78, 5) is 5.27. The second-order valence-electron chi connectivity index (χ2n) is 2.99. The van der Waals surface area contributed by atoms with Gasteiger partial charge in [-0.3, -0.25) is 0 Å². The summed E-state index contributed by atoms with van der Waals surface area (Å²) in [7, 11) is 0. The Morgan fingerprint density at radius 3 is 2.93 bits per heavy atom. The molecule has 2 heterocycles. The molecule has 0 radical (unpaired) electrons. The smallest absolute Gasteiger partial charge is 0.240 e. The highest BCUT2D eigenvalue weighted by molar-refractivity contribution is 7.10. The van der Waals surface area contributed by atoms with Gasteiger partial charge in [0.05, 0.1) is 11.4 Å². The number of thiophene rings is 1. The van der Waals surface area contributed by atoms with E-state index in [1.54, 1.807) is 11.3 Å². The third-order valence-electron chi connectivity index (χ3n) is 1.86. The van der Waals surface area contributed by atoms with E-state index >= 15 is 0 Å². The zero-order valence-corrected chi connectivity index (χ0v) is 9.03. The van der Waals surface area contributed by atoms with Crippen LogP contribution in [0.1, 0.15) is 16.3 Å². The van der Waals surface area contributed by atoms with Crippen LogP contribution < -0.4 is 5.73 Å². The first-order valence-electron chi connectivity index (χ1n) is 4.44. The normalized spacial score (nSPS) is 11.0. The number of nitrogens with zero attached hydrogens (tertiary/aromatic N) is 3. The lowest BCUT2D eigenvalue weighted by atomic mass is 10.3. The van der Waals surface area contributed by atoms with E-state index in [0.29, 0.717) is 0 Å². The highest BCUT2D eigenvalue weighted by atomic mass is 32.1. The van der Waals surface area contributed by atoms with Crippen molar-refractivity contribution in [2.24, 2.45) is 0 Å². The van der Waals surface area contributed by atoms with E-state index in [4.69, 9.17) is 5.73 Å². The van der Waals surface area contributed by atoms with Crippen LogP contribution in [0.15, 0.2) is 17.5 Å². The third kappa shape index (κ3) is 2.38. The van der Waals surface area contributed by atoms with E-state index in [1.807, 2.05) is 36.6 Å². The summed E-state index contributed by atoms with van der Waals surface area (Å²) in [5, 5.41) is 9.59. The first kappa shape index (κ1) is 9.79. The number of aryl methyl sites for hydroxylation is 1. The largest absolute Gasteiger partial charge is 0.366 e. The van der Waals surface area contributed by atoms with E-state index in [1.165, 1.54) is 4.88 Å². The van der Waals surface area contributed by atoms with Crippen molar-refractivity contribution in [3.63, 3.8) is 0 Å². The number of rotatable bonds is 2. The van der Waals surface area contributed by atoms with Gasteiger partial charge < -0.3 is 5.73 Å². The van der Waals surface area contributed by atoms with E-state index in [-0.39, 0.29) is 5.95 Å². The molecule has 0 aliphatic heterocycles. The van der Waals surface area contributed by atoms with Crippen molar-refractivity contribution in [3.05, 3.63) is 33.8 Å². The lowest BCUT2D eigenvalue weighted by Gasteiger charge is -1.97. The lowest BCUT2D eigenvalue weighted by molar-refractivity contribution is 0.932. The summed E-state index contributed by atoms with van der Waals surface area (Å²) in [5.74, 6) is 0.200. The summed E-state index contributed by atoms with van der Waals surface area (Å²) in [6.07, 6.45) is 3.88. The molecule has 2 aromatic heterocycles. The topological polar surface area (TPSA) is 64.7 Å². The van der Waals surface area contributed by atoms with Crippen LogP contribution in [-0.2, 0) is 0 Å². The number of nitrogen functional groups attached to an aromatic ring is 1. The van der Waals surface area contributed by atoms with E-state index in [2.05, 4.69) is 15.2 Å². The summed E-state index contributed by atoms with van der Waals surface area (Å²) in [5.41, 5.74) is 7.00. The lowest BCUT2D eigenvalue weighted by Crippen LogP contribution is -2.01. The number of anilines is 1. The fourth-order valence-corrected chi connectivity index (χ4v) is 1.73. The Kier molecular flexibility index (Phi) is 2.73. The molecule has 0 fully saturated rings. The molecular formula is C10H10N4S. The highest BCUT2D eigenvalue weighted by Crippen LogP contribution is 2.13. The predicted octanol–water partition coefficient (Wildman–Crippen LogP) is 1.99.